The van der Waals surface area contributed by atoms with E-state index in [1.165, 1.54) is 24.3 Å². The lowest BCUT2D eigenvalue weighted by atomic mass is 10.3. The highest BCUT2D eigenvalue weighted by molar-refractivity contribution is 6.27. The van der Waals surface area contributed by atoms with Gasteiger partial charge in [-0.3, -0.25) is 4.79 Å². The first-order valence-electron chi connectivity index (χ1n) is 3.68. The van der Waals surface area contributed by atoms with Gasteiger partial charge in [-0.15, -0.1) is 11.6 Å². The van der Waals surface area contributed by atoms with Crippen LogP contribution in [0.4, 0.5) is 4.39 Å². The van der Waals surface area contributed by atoms with Crippen LogP contribution in [0.15, 0.2) is 24.3 Å². The standard InChI is InChI=1S/C9H8ClFO2/c10-5-8(12)6-13-9-3-1-7(11)2-4-9/h1-4H,5-6H2. The zero-order valence-electron chi connectivity index (χ0n) is 6.80. The zero-order valence-corrected chi connectivity index (χ0v) is 7.55. The number of ketones is 1. The van der Waals surface area contributed by atoms with Gasteiger partial charge in [0.2, 0.25) is 0 Å². The number of halogens is 2. The van der Waals surface area contributed by atoms with E-state index in [0.29, 0.717) is 5.75 Å². The molecule has 70 valence electrons. The first kappa shape index (κ1) is 9.99. The molecule has 0 fully saturated rings. The molecule has 0 radical (unpaired) electrons. The van der Waals surface area contributed by atoms with Gasteiger partial charge in [-0.25, -0.2) is 4.39 Å². The van der Waals surface area contributed by atoms with Crippen LogP contribution in [-0.2, 0) is 4.79 Å². The van der Waals surface area contributed by atoms with Crippen molar-refractivity contribution < 1.29 is 13.9 Å². The Morgan fingerprint density at radius 2 is 2.00 bits per heavy atom. The minimum atomic E-state index is -0.337. The molecule has 0 aromatic heterocycles. The fraction of sp³-hybridized carbons (Fsp3) is 0.222. The summed E-state index contributed by atoms with van der Waals surface area (Å²) in [4.78, 5) is 10.7. The molecule has 13 heavy (non-hydrogen) atoms. The summed E-state index contributed by atoms with van der Waals surface area (Å²) in [6.07, 6.45) is 0. The van der Waals surface area contributed by atoms with Crippen LogP contribution in [0.3, 0.4) is 0 Å². The van der Waals surface area contributed by atoms with Crippen molar-refractivity contribution in [3.63, 3.8) is 0 Å². The highest BCUT2D eigenvalue weighted by atomic mass is 35.5. The molecule has 1 aromatic rings. The third-order valence-electron chi connectivity index (χ3n) is 1.36. The fourth-order valence-corrected chi connectivity index (χ4v) is 0.810. The van der Waals surface area contributed by atoms with Gasteiger partial charge >= 0.3 is 0 Å². The van der Waals surface area contributed by atoms with E-state index >= 15 is 0 Å². The molecular formula is C9H8ClFO2. The van der Waals surface area contributed by atoms with Crippen LogP contribution in [-0.4, -0.2) is 18.3 Å². The molecule has 0 spiro atoms. The van der Waals surface area contributed by atoms with Gasteiger partial charge in [0.15, 0.2) is 5.78 Å². The number of benzene rings is 1. The second-order valence-corrected chi connectivity index (χ2v) is 2.68. The number of hydrogen-bond donors (Lipinski definition) is 0. The van der Waals surface area contributed by atoms with E-state index in [1.807, 2.05) is 0 Å². The summed E-state index contributed by atoms with van der Waals surface area (Å²) in [5.41, 5.74) is 0. The number of Topliss-reactive ketones (excluding diaryl/α,β-unsaturated/α-hetero) is 1. The highest BCUT2D eigenvalue weighted by Gasteiger charge is 2.00. The fourth-order valence-electron chi connectivity index (χ4n) is 0.733. The highest BCUT2D eigenvalue weighted by Crippen LogP contribution is 2.10. The predicted molar refractivity (Wildman–Crippen MR) is 47.6 cm³/mol. The number of ether oxygens (including phenoxy) is 1. The van der Waals surface area contributed by atoms with Crippen molar-refractivity contribution in [3.05, 3.63) is 30.1 Å². The smallest absolute Gasteiger partial charge is 0.184 e. The van der Waals surface area contributed by atoms with Gasteiger partial charge in [-0.1, -0.05) is 0 Å². The van der Waals surface area contributed by atoms with Crippen molar-refractivity contribution in [2.75, 3.05) is 12.5 Å². The molecule has 0 saturated carbocycles. The summed E-state index contributed by atoms with van der Waals surface area (Å²) in [5, 5.41) is 0. The Kier molecular flexibility index (Phi) is 3.71. The molecule has 0 aliphatic rings. The number of carbonyl (C=O) groups excluding carboxylic acids is 1. The van der Waals surface area contributed by atoms with Gasteiger partial charge in [0.1, 0.15) is 18.2 Å². The monoisotopic (exact) mass is 202 g/mol. The minimum Gasteiger partial charge on any atom is -0.486 e. The number of rotatable bonds is 4. The molecule has 0 bridgehead atoms. The van der Waals surface area contributed by atoms with E-state index < -0.39 is 0 Å². The molecule has 0 atom stereocenters. The van der Waals surface area contributed by atoms with E-state index in [4.69, 9.17) is 16.3 Å². The maximum absolute atomic E-state index is 12.4. The second kappa shape index (κ2) is 4.82. The average molecular weight is 203 g/mol. The third-order valence-corrected chi connectivity index (χ3v) is 1.66. The Morgan fingerprint density at radius 1 is 1.38 bits per heavy atom. The van der Waals surface area contributed by atoms with Crippen molar-refractivity contribution in [1.82, 2.24) is 0 Å². The van der Waals surface area contributed by atoms with Gasteiger partial charge < -0.3 is 4.74 Å². The summed E-state index contributed by atoms with van der Waals surface area (Å²) in [5.74, 6) is -0.150. The first-order chi connectivity index (χ1) is 6.22. The SMILES string of the molecule is O=C(CCl)COc1ccc(F)cc1. The Balaban J connectivity index is 2.46. The van der Waals surface area contributed by atoms with Gasteiger partial charge in [0, 0.05) is 0 Å². The van der Waals surface area contributed by atoms with E-state index in [9.17, 15) is 9.18 Å². The second-order valence-electron chi connectivity index (χ2n) is 2.41. The third kappa shape index (κ3) is 3.42. The number of hydrogen-bond acceptors (Lipinski definition) is 2. The molecule has 1 aromatic carbocycles. The van der Waals surface area contributed by atoms with Crippen molar-refractivity contribution in [3.8, 4) is 5.75 Å². The van der Waals surface area contributed by atoms with Gasteiger partial charge in [0.25, 0.3) is 0 Å². The lowest BCUT2D eigenvalue weighted by Crippen LogP contribution is -2.11. The summed E-state index contributed by atoms with van der Waals surface area (Å²) in [6.45, 7) is -0.0743. The molecule has 0 aliphatic heterocycles. The molecule has 0 unspecified atom stereocenters. The normalized spacial score (nSPS) is 9.69. The maximum Gasteiger partial charge on any atom is 0.184 e. The lowest BCUT2D eigenvalue weighted by Gasteiger charge is -2.02. The van der Waals surface area contributed by atoms with Crippen LogP contribution in [0.5, 0.6) is 5.75 Å². The summed E-state index contributed by atoms with van der Waals surface area (Å²) in [7, 11) is 0. The molecule has 1 rings (SSSR count). The van der Waals surface area contributed by atoms with Crippen LogP contribution in [0.25, 0.3) is 0 Å². The maximum atomic E-state index is 12.4. The van der Waals surface area contributed by atoms with Gasteiger partial charge in [-0.05, 0) is 24.3 Å². The first-order valence-corrected chi connectivity index (χ1v) is 4.22. The Labute approximate surface area is 80.3 Å². The zero-order chi connectivity index (χ0) is 9.68. The van der Waals surface area contributed by atoms with Gasteiger partial charge in [0.05, 0.1) is 5.88 Å². The lowest BCUT2D eigenvalue weighted by molar-refractivity contribution is -0.118. The van der Waals surface area contributed by atoms with Crippen LogP contribution in [0, 0.1) is 5.82 Å². The van der Waals surface area contributed by atoms with Crippen LogP contribution < -0.4 is 4.74 Å². The topological polar surface area (TPSA) is 26.3 Å². The number of carbonyl (C=O) groups is 1. The molecule has 0 saturated heterocycles. The average Bonchev–Trinajstić information content (AvgIpc) is 2.16. The van der Waals surface area contributed by atoms with E-state index in [2.05, 4.69) is 0 Å². The molecule has 2 nitrogen and oxygen atoms in total. The Bertz CT molecular complexity index is 284. The van der Waals surface area contributed by atoms with Crippen molar-refractivity contribution in [1.29, 1.82) is 0 Å². The van der Waals surface area contributed by atoms with E-state index in [1.54, 1.807) is 0 Å². The molecular weight excluding hydrogens is 195 g/mol. The Hall–Kier alpha value is -1.09. The van der Waals surface area contributed by atoms with Crippen molar-refractivity contribution in [2.24, 2.45) is 0 Å². The Morgan fingerprint density at radius 3 is 2.54 bits per heavy atom. The summed E-state index contributed by atoms with van der Waals surface area (Å²) < 4.78 is 17.4. The van der Waals surface area contributed by atoms with Gasteiger partial charge in [-0.2, -0.15) is 0 Å². The van der Waals surface area contributed by atoms with Crippen molar-refractivity contribution >= 4 is 17.4 Å². The summed E-state index contributed by atoms with van der Waals surface area (Å²) >= 11 is 5.25. The van der Waals surface area contributed by atoms with E-state index in [0.717, 1.165) is 0 Å². The largest absolute Gasteiger partial charge is 0.486 e. The van der Waals surface area contributed by atoms with Crippen molar-refractivity contribution in [2.45, 2.75) is 0 Å². The van der Waals surface area contributed by atoms with E-state index in [-0.39, 0.29) is 24.1 Å². The predicted octanol–water partition coefficient (Wildman–Crippen LogP) is 2.01. The number of alkyl halides is 1. The molecule has 0 N–H and O–H groups in total. The minimum absolute atomic E-state index is 0.0683. The van der Waals surface area contributed by atoms with Crippen LogP contribution in [0.2, 0.25) is 0 Å². The van der Waals surface area contributed by atoms with Crippen LogP contribution >= 0.6 is 11.6 Å². The molecule has 0 heterocycles. The van der Waals surface area contributed by atoms with Crippen LogP contribution in [0.1, 0.15) is 0 Å². The molecule has 0 aliphatic carbocycles. The molecule has 0 amide bonds. The summed E-state index contributed by atoms with van der Waals surface area (Å²) in [6, 6.07) is 5.44. The molecule has 4 heteroatoms. The quantitative estimate of drug-likeness (QED) is 0.699.